The van der Waals surface area contributed by atoms with Crippen LogP contribution in [0.1, 0.15) is 31.4 Å². The van der Waals surface area contributed by atoms with Crippen molar-refractivity contribution in [1.82, 2.24) is 4.90 Å². The van der Waals surface area contributed by atoms with E-state index in [1.165, 1.54) is 6.42 Å². The standard InChI is InChI=1S/C15H22F2N2O/c1-11-5-4-8-19(10-11)13(9-18)12-6-2-3-7-14(12)20-15(16)17/h2-3,6-7,11,13,15H,4-5,8-10,18H2,1H3. The SMILES string of the molecule is CC1CCCN(C(CN)c2ccccc2OC(F)F)C1. The number of benzene rings is 1. The first-order valence-electron chi connectivity index (χ1n) is 7.09. The molecule has 0 aromatic heterocycles. The maximum Gasteiger partial charge on any atom is 0.387 e. The van der Waals surface area contributed by atoms with Crippen LogP contribution in [-0.4, -0.2) is 31.1 Å². The maximum atomic E-state index is 12.5. The van der Waals surface area contributed by atoms with E-state index in [1.54, 1.807) is 12.1 Å². The van der Waals surface area contributed by atoms with Gasteiger partial charge in [-0.25, -0.2) is 0 Å². The highest BCUT2D eigenvalue weighted by Gasteiger charge is 2.26. The molecule has 2 atom stereocenters. The van der Waals surface area contributed by atoms with Crippen molar-refractivity contribution in [1.29, 1.82) is 0 Å². The van der Waals surface area contributed by atoms with Crippen molar-refractivity contribution in [3.8, 4) is 5.75 Å². The molecule has 0 aliphatic carbocycles. The predicted octanol–water partition coefficient (Wildman–Crippen LogP) is 3.02. The Balaban J connectivity index is 2.22. The zero-order valence-corrected chi connectivity index (χ0v) is 11.8. The Kier molecular flexibility index (Phi) is 5.31. The van der Waals surface area contributed by atoms with Crippen LogP contribution >= 0.6 is 0 Å². The Labute approximate surface area is 118 Å². The van der Waals surface area contributed by atoms with Gasteiger partial charge < -0.3 is 10.5 Å². The number of halogens is 2. The summed E-state index contributed by atoms with van der Waals surface area (Å²) < 4.78 is 29.6. The number of para-hydroxylation sites is 1. The lowest BCUT2D eigenvalue weighted by Gasteiger charge is -2.37. The third kappa shape index (κ3) is 3.67. The predicted molar refractivity (Wildman–Crippen MR) is 74.8 cm³/mol. The summed E-state index contributed by atoms with van der Waals surface area (Å²) in [6.45, 7) is 1.70. The molecule has 0 amide bonds. The van der Waals surface area contributed by atoms with Gasteiger partial charge in [0.1, 0.15) is 5.75 Å². The molecule has 2 N–H and O–H groups in total. The molecule has 0 radical (unpaired) electrons. The average molecular weight is 284 g/mol. The lowest BCUT2D eigenvalue weighted by atomic mass is 9.96. The van der Waals surface area contributed by atoms with Crippen LogP contribution in [0.5, 0.6) is 5.75 Å². The molecule has 1 heterocycles. The van der Waals surface area contributed by atoms with Crippen molar-refractivity contribution < 1.29 is 13.5 Å². The van der Waals surface area contributed by atoms with Gasteiger partial charge in [-0.2, -0.15) is 8.78 Å². The minimum Gasteiger partial charge on any atom is -0.434 e. The summed E-state index contributed by atoms with van der Waals surface area (Å²) in [5.41, 5.74) is 6.65. The van der Waals surface area contributed by atoms with Gasteiger partial charge in [-0.1, -0.05) is 25.1 Å². The second-order valence-electron chi connectivity index (χ2n) is 5.41. The quantitative estimate of drug-likeness (QED) is 0.903. The summed E-state index contributed by atoms with van der Waals surface area (Å²) in [5, 5.41) is 0. The van der Waals surface area contributed by atoms with Crippen LogP contribution in [0.15, 0.2) is 24.3 Å². The summed E-state index contributed by atoms with van der Waals surface area (Å²) in [7, 11) is 0. The molecule has 112 valence electrons. The van der Waals surface area contributed by atoms with Crippen molar-refractivity contribution in [2.75, 3.05) is 19.6 Å². The van der Waals surface area contributed by atoms with E-state index in [0.717, 1.165) is 25.1 Å². The minimum atomic E-state index is -2.81. The molecule has 0 saturated carbocycles. The second-order valence-corrected chi connectivity index (χ2v) is 5.41. The van der Waals surface area contributed by atoms with Gasteiger partial charge in [-0.05, 0) is 31.4 Å². The fourth-order valence-corrected chi connectivity index (χ4v) is 2.94. The van der Waals surface area contributed by atoms with E-state index in [-0.39, 0.29) is 11.8 Å². The third-order valence-corrected chi connectivity index (χ3v) is 3.85. The normalized spacial score (nSPS) is 21.9. The van der Waals surface area contributed by atoms with Gasteiger partial charge >= 0.3 is 6.61 Å². The van der Waals surface area contributed by atoms with Crippen LogP contribution in [0.3, 0.4) is 0 Å². The van der Waals surface area contributed by atoms with Crippen LogP contribution in [0, 0.1) is 5.92 Å². The van der Waals surface area contributed by atoms with Crippen LogP contribution in [0.2, 0.25) is 0 Å². The molecule has 3 nitrogen and oxygen atoms in total. The Morgan fingerprint density at radius 2 is 2.15 bits per heavy atom. The number of piperidine rings is 1. The van der Waals surface area contributed by atoms with E-state index in [0.29, 0.717) is 12.5 Å². The molecule has 2 unspecified atom stereocenters. The number of nitrogens with two attached hydrogens (primary N) is 1. The topological polar surface area (TPSA) is 38.5 Å². The zero-order valence-electron chi connectivity index (χ0n) is 11.8. The molecule has 20 heavy (non-hydrogen) atoms. The summed E-state index contributed by atoms with van der Waals surface area (Å²) in [6.07, 6.45) is 2.33. The second kappa shape index (κ2) is 6.99. The molecule has 2 rings (SSSR count). The largest absolute Gasteiger partial charge is 0.434 e. The van der Waals surface area contributed by atoms with Crippen molar-refractivity contribution >= 4 is 0 Å². The third-order valence-electron chi connectivity index (χ3n) is 3.85. The molecule has 1 saturated heterocycles. The lowest BCUT2D eigenvalue weighted by Crippen LogP contribution is -2.40. The van der Waals surface area contributed by atoms with Crippen molar-refractivity contribution in [3.05, 3.63) is 29.8 Å². The van der Waals surface area contributed by atoms with E-state index < -0.39 is 6.61 Å². The van der Waals surface area contributed by atoms with Gasteiger partial charge in [0.25, 0.3) is 0 Å². The first kappa shape index (κ1) is 15.2. The molecular weight excluding hydrogens is 262 g/mol. The molecule has 1 aromatic carbocycles. The highest BCUT2D eigenvalue weighted by atomic mass is 19.3. The average Bonchev–Trinajstić information content (AvgIpc) is 2.41. The van der Waals surface area contributed by atoms with Crippen LogP contribution in [0.4, 0.5) is 8.78 Å². The lowest BCUT2D eigenvalue weighted by molar-refractivity contribution is -0.0513. The van der Waals surface area contributed by atoms with Gasteiger partial charge in [0, 0.05) is 18.7 Å². The van der Waals surface area contributed by atoms with E-state index in [1.807, 2.05) is 12.1 Å². The van der Waals surface area contributed by atoms with Crippen molar-refractivity contribution in [3.63, 3.8) is 0 Å². The summed E-state index contributed by atoms with van der Waals surface area (Å²) >= 11 is 0. The number of hydrogen-bond acceptors (Lipinski definition) is 3. The van der Waals surface area contributed by atoms with E-state index in [2.05, 4.69) is 16.6 Å². The molecule has 1 aliphatic rings. The van der Waals surface area contributed by atoms with Gasteiger partial charge in [-0.3, -0.25) is 4.90 Å². The van der Waals surface area contributed by atoms with E-state index in [9.17, 15) is 8.78 Å². The molecule has 0 spiro atoms. The zero-order chi connectivity index (χ0) is 14.5. The Morgan fingerprint density at radius 3 is 2.80 bits per heavy atom. The molecular formula is C15H22F2N2O. The first-order chi connectivity index (χ1) is 9.61. The van der Waals surface area contributed by atoms with Crippen LogP contribution < -0.4 is 10.5 Å². The Hall–Kier alpha value is -1.20. The summed E-state index contributed by atoms with van der Waals surface area (Å²) in [5.74, 6) is 0.845. The number of alkyl halides is 2. The minimum absolute atomic E-state index is 0.0623. The number of hydrogen-bond donors (Lipinski definition) is 1. The molecule has 1 fully saturated rings. The monoisotopic (exact) mass is 284 g/mol. The number of likely N-dealkylation sites (tertiary alicyclic amines) is 1. The molecule has 1 aromatic rings. The molecule has 0 bridgehead atoms. The number of nitrogens with zero attached hydrogens (tertiary/aromatic N) is 1. The van der Waals surface area contributed by atoms with Gasteiger partial charge in [0.2, 0.25) is 0 Å². The molecule has 1 aliphatic heterocycles. The fraction of sp³-hybridized carbons (Fsp3) is 0.600. The molecule has 5 heteroatoms. The van der Waals surface area contributed by atoms with Crippen molar-refractivity contribution in [2.24, 2.45) is 11.7 Å². The smallest absolute Gasteiger partial charge is 0.387 e. The number of ether oxygens (including phenoxy) is 1. The highest BCUT2D eigenvalue weighted by molar-refractivity contribution is 5.36. The Morgan fingerprint density at radius 1 is 1.40 bits per heavy atom. The summed E-state index contributed by atoms with van der Waals surface area (Å²) in [6, 6.07) is 6.89. The van der Waals surface area contributed by atoms with Crippen LogP contribution in [-0.2, 0) is 0 Å². The summed E-state index contributed by atoms with van der Waals surface area (Å²) in [4.78, 5) is 2.28. The first-order valence-corrected chi connectivity index (χ1v) is 7.09. The van der Waals surface area contributed by atoms with Gasteiger partial charge in [0.15, 0.2) is 0 Å². The Bertz CT molecular complexity index is 428. The highest BCUT2D eigenvalue weighted by Crippen LogP contribution is 2.32. The van der Waals surface area contributed by atoms with Crippen LogP contribution in [0.25, 0.3) is 0 Å². The van der Waals surface area contributed by atoms with E-state index >= 15 is 0 Å². The van der Waals surface area contributed by atoms with Crippen molar-refractivity contribution in [2.45, 2.75) is 32.4 Å². The van der Waals surface area contributed by atoms with Gasteiger partial charge in [0.05, 0.1) is 6.04 Å². The maximum absolute atomic E-state index is 12.5. The fourth-order valence-electron chi connectivity index (χ4n) is 2.94. The van der Waals surface area contributed by atoms with Gasteiger partial charge in [-0.15, -0.1) is 0 Å². The van der Waals surface area contributed by atoms with E-state index in [4.69, 9.17) is 5.73 Å². The number of rotatable bonds is 5.